The predicted molar refractivity (Wildman–Crippen MR) is 158 cm³/mol. The van der Waals surface area contributed by atoms with E-state index in [1.54, 1.807) is 37.4 Å². The summed E-state index contributed by atoms with van der Waals surface area (Å²) in [6.07, 6.45) is 0. The molecule has 0 spiro atoms. The largest absolute Gasteiger partial charge is 0.326 e. The van der Waals surface area contributed by atoms with E-state index in [-0.39, 0.29) is 11.8 Å². The van der Waals surface area contributed by atoms with Gasteiger partial charge in [-0.1, -0.05) is 90.5 Å². The van der Waals surface area contributed by atoms with E-state index in [1.807, 2.05) is 86.6 Å². The molecule has 0 radical (unpaired) electrons. The lowest BCUT2D eigenvalue weighted by Gasteiger charge is -2.29. The van der Waals surface area contributed by atoms with Crippen LogP contribution < -0.4 is 5.32 Å². The van der Waals surface area contributed by atoms with Gasteiger partial charge in [0.2, 0.25) is 0 Å². The number of amides is 2. The van der Waals surface area contributed by atoms with E-state index in [9.17, 15) is 9.59 Å². The second-order valence-electron chi connectivity index (χ2n) is 9.56. The number of hydrogen-bond acceptors (Lipinski definition) is 3. The molecule has 0 saturated carbocycles. The molecule has 1 heterocycles. The van der Waals surface area contributed by atoms with E-state index in [0.29, 0.717) is 27.4 Å². The second-order valence-corrected chi connectivity index (χ2v) is 10.0. The zero-order valence-corrected chi connectivity index (χ0v) is 22.7. The zero-order valence-electron chi connectivity index (χ0n) is 22.0. The number of nitrogens with zero attached hydrogens (tertiary/aromatic N) is 2. The fraction of sp³-hybridized carbons (Fsp3) is 0.121. The summed E-state index contributed by atoms with van der Waals surface area (Å²) in [5.41, 5.74) is 6.05. The van der Waals surface area contributed by atoms with Crippen molar-refractivity contribution in [3.05, 3.63) is 130 Å². The number of hydrogen-bond donors (Lipinski definition) is 1. The second kappa shape index (κ2) is 11.1. The first-order valence-electron chi connectivity index (χ1n) is 12.7. The maximum absolute atomic E-state index is 14.2. The lowest BCUT2D eigenvalue weighted by molar-refractivity contribution is -0.120. The van der Waals surface area contributed by atoms with Gasteiger partial charge in [-0.25, -0.2) is 4.98 Å². The molecule has 4 aromatic carbocycles. The van der Waals surface area contributed by atoms with E-state index >= 15 is 0 Å². The third-order valence-corrected chi connectivity index (χ3v) is 7.14. The van der Waals surface area contributed by atoms with E-state index in [1.165, 1.54) is 4.90 Å². The Kier molecular flexibility index (Phi) is 7.44. The summed E-state index contributed by atoms with van der Waals surface area (Å²) in [4.78, 5) is 34.4. The molecule has 5 rings (SSSR count). The van der Waals surface area contributed by atoms with Crippen LogP contribution in [0.5, 0.6) is 0 Å². The van der Waals surface area contributed by atoms with Crippen molar-refractivity contribution in [1.29, 1.82) is 0 Å². The Balaban J connectivity index is 1.59. The average molecular weight is 534 g/mol. The lowest BCUT2D eigenvalue weighted by Crippen LogP contribution is -2.39. The summed E-state index contributed by atoms with van der Waals surface area (Å²) < 4.78 is 0. The number of pyridine rings is 1. The highest BCUT2D eigenvalue weighted by Crippen LogP contribution is 2.30. The fourth-order valence-electron chi connectivity index (χ4n) is 4.82. The first kappa shape index (κ1) is 26.1. The molecule has 1 aromatic heterocycles. The van der Waals surface area contributed by atoms with Crippen molar-refractivity contribution in [2.75, 3.05) is 12.4 Å². The molecular weight excluding hydrogens is 506 g/mol. The Morgan fingerprint density at radius 3 is 2.15 bits per heavy atom. The molecule has 0 fully saturated rings. The Hall–Kier alpha value is -4.48. The number of nitrogens with one attached hydrogen (secondary N) is 1. The molecule has 5 aromatic rings. The van der Waals surface area contributed by atoms with Crippen LogP contribution in [0.3, 0.4) is 0 Å². The summed E-state index contributed by atoms with van der Waals surface area (Å²) in [6, 6.07) is 31.1. The van der Waals surface area contributed by atoms with E-state index in [4.69, 9.17) is 16.6 Å². The van der Waals surface area contributed by atoms with Crippen molar-refractivity contribution >= 4 is 40.0 Å². The minimum absolute atomic E-state index is 0.289. The van der Waals surface area contributed by atoms with Gasteiger partial charge in [0.1, 0.15) is 6.04 Å². The Bertz CT molecular complexity index is 1650. The monoisotopic (exact) mass is 533 g/mol. The van der Waals surface area contributed by atoms with Crippen molar-refractivity contribution in [2.24, 2.45) is 0 Å². The van der Waals surface area contributed by atoms with Crippen LogP contribution in [0, 0.1) is 13.8 Å². The fourth-order valence-corrected chi connectivity index (χ4v) is 4.94. The molecule has 0 aliphatic rings. The molecule has 2 amide bonds. The van der Waals surface area contributed by atoms with Crippen molar-refractivity contribution < 1.29 is 9.59 Å². The topological polar surface area (TPSA) is 62.3 Å². The van der Waals surface area contributed by atoms with Crippen LogP contribution in [-0.2, 0) is 4.79 Å². The minimum Gasteiger partial charge on any atom is -0.326 e. The number of rotatable bonds is 6. The van der Waals surface area contributed by atoms with E-state index < -0.39 is 6.04 Å². The summed E-state index contributed by atoms with van der Waals surface area (Å²) in [7, 11) is 1.66. The number of likely N-dealkylation sites (N-methyl/N-ethyl adjacent to an activating group) is 1. The van der Waals surface area contributed by atoms with Crippen LogP contribution in [0.15, 0.2) is 103 Å². The first-order chi connectivity index (χ1) is 18.8. The van der Waals surface area contributed by atoms with Gasteiger partial charge in [-0.05, 0) is 54.8 Å². The third kappa shape index (κ3) is 5.40. The normalized spacial score (nSPS) is 11.7. The van der Waals surface area contributed by atoms with Gasteiger partial charge in [-0.15, -0.1) is 0 Å². The van der Waals surface area contributed by atoms with Crippen molar-refractivity contribution in [1.82, 2.24) is 9.88 Å². The summed E-state index contributed by atoms with van der Waals surface area (Å²) in [5, 5.41) is 4.35. The molecule has 39 heavy (non-hydrogen) atoms. The third-order valence-electron chi connectivity index (χ3n) is 6.89. The molecule has 0 saturated heterocycles. The Morgan fingerprint density at radius 2 is 1.46 bits per heavy atom. The first-order valence-corrected chi connectivity index (χ1v) is 13.1. The summed E-state index contributed by atoms with van der Waals surface area (Å²) in [6.45, 7) is 3.89. The summed E-state index contributed by atoms with van der Waals surface area (Å²) >= 11 is 6.16. The highest BCUT2D eigenvalue weighted by atomic mass is 35.5. The van der Waals surface area contributed by atoms with Crippen molar-refractivity contribution in [2.45, 2.75) is 19.9 Å². The number of aryl methyl sites for hydroxylation is 2. The molecule has 1 atom stereocenters. The standard InChI is InChI=1S/C33H28ClN3O2/c1-21-10-9-11-22(2)30(21)36-32(38)31(24-16-18-25(34)19-17-24)37(3)33(39)27-20-29(23-12-5-4-6-13-23)35-28-15-8-7-14-26(27)28/h4-20,31H,1-3H3,(H,36,38). The highest BCUT2D eigenvalue weighted by molar-refractivity contribution is 6.30. The number of halogens is 1. The molecule has 194 valence electrons. The minimum atomic E-state index is -0.902. The lowest BCUT2D eigenvalue weighted by atomic mass is 10.00. The number of aromatic nitrogens is 1. The number of benzene rings is 4. The van der Waals surface area contributed by atoms with Gasteiger partial charge in [0.15, 0.2) is 0 Å². The van der Waals surface area contributed by atoms with Gasteiger partial charge in [0.05, 0.1) is 16.8 Å². The van der Waals surface area contributed by atoms with Crippen LogP contribution in [0.1, 0.15) is 33.1 Å². The Labute approximate surface area is 233 Å². The Morgan fingerprint density at radius 1 is 0.821 bits per heavy atom. The van der Waals surface area contributed by atoms with Crippen molar-refractivity contribution in [3.63, 3.8) is 0 Å². The average Bonchev–Trinajstić information content (AvgIpc) is 2.95. The number of carbonyl (C=O) groups is 2. The highest BCUT2D eigenvalue weighted by Gasteiger charge is 2.31. The van der Waals surface area contributed by atoms with Gasteiger partial charge in [-0.3, -0.25) is 9.59 Å². The van der Waals surface area contributed by atoms with Gasteiger partial charge < -0.3 is 10.2 Å². The van der Waals surface area contributed by atoms with Crippen LogP contribution in [-0.4, -0.2) is 28.7 Å². The van der Waals surface area contributed by atoms with Crippen molar-refractivity contribution in [3.8, 4) is 11.3 Å². The number of fused-ring (bicyclic) bond motifs is 1. The van der Waals surface area contributed by atoms with Crippen LogP contribution in [0.2, 0.25) is 5.02 Å². The number of carbonyl (C=O) groups excluding carboxylic acids is 2. The van der Waals surface area contributed by atoms with Crippen LogP contribution >= 0.6 is 11.6 Å². The molecule has 0 aliphatic carbocycles. The zero-order chi connectivity index (χ0) is 27.5. The van der Waals surface area contributed by atoms with E-state index in [0.717, 1.165) is 27.8 Å². The van der Waals surface area contributed by atoms with E-state index in [2.05, 4.69) is 5.32 Å². The number of para-hydroxylation sites is 2. The SMILES string of the molecule is Cc1cccc(C)c1NC(=O)C(c1ccc(Cl)cc1)N(C)C(=O)c1cc(-c2ccccc2)nc2ccccc12. The smallest absolute Gasteiger partial charge is 0.255 e. The maximum Gasteiger partial charge on any atom is 0.255 e. The van der Waals surface area contributed by atoms with Gasteiger partial charge >= 0.3 is 0 Å². The molecule has 1 unspecified atom stereocenters. The van der Waals surface area contributed by atoms with Crippen LogP contribution in [0.4, 0.5) is 5.69 Å². The predicted octanol–water partition coefficient (Wildman–Crippen LogP) is 7.62. The van der Waals surface area contributed by atoms with Gasteiger partial charge in [0, 0.05) is 28.7 Å². The molecule has 1 N–H and O–H groups in total. The molecule has 0 aliphatic heterocycles. The molecular formula is C33H28ClN3O2. The quantitative estimate of drug-likeness (QED) is 0.244. The van der Waals surface area contributed by atoms with Gasteiger partial charge in [0.25, 0.3) is 11.8 Å². The van der Waals surface area contributed by atoms with Gasteiger partial charge in [-0.2, -0.15) is 0 Å². The molecule has 6 heteroatoms. The molecule has 0 bridgehead atoms. The number of anilines is 1. The maximum atomic E-state index is 14.2. The van der Waals surface area contributed by atoms with Crippen LogP contribution in [0.25, 0.3) is 22.2 Å². The molecule has 5 nitrogen and oxygen atoms in total. The summed E-state index contributed by atoms with van der Waals surface area (Å²) in [5.74, 6) is -0.602.